The average Bonchev–Trinajstić information content (AvgIpc) is 2.59. The second-order valence-corrected chi connectivity index (χ2v) is 5.31. The molecule has 0 aliphatic carbocycles. The SMILES string of the molecule is O=C(CO/N=C\c1ccccc1F)N1CCCc2ccccc21. The highest BCUT2D eigenvalue weighted by Gasteiger charge is 2.22. The molecular formula is C18H17FN2O2. The molecule has 2 aromatic rings. The van der Waals surface area contributed by atoms with Crippen molar-refractivity contribution in [3.8, 4) is 0 Å². The van der Waals surface area contributed by atoms with Crippen LogP contribution in [0.15, 0.2) is 53.7 Å². The van der Waals surface area contributed by atoms with Crippen LogP contribution in [0.25, 0.3) is 0 Å². The van der Waals surface area contributed by atoms with Crippen LogP contribution in [0, 0.1) is 5.82 Å². The molecule has 1 aliphatic heterocycles. The van der Waals surface area contributed by atoms with Crippen molar-refractivity contribution in [1.29, 1.82) is 0 Å². The van der Waals surface area contributed by atoms with Gasteiger partial charge in [-0.2, -0.15) is 0 Å². The summed E-state index contributed by atoms with van der Waals surface area (Å²) in [5.74, 6) is -0.529. The number of rotatable bonds is 4. The van der Waals surface area contributed by atoms with Gasteiger partial charge in [0.1, 0.15) is 5.82 Å². The third-order valence-electron chi connectivity index (χ3n) is 3.77. The number of anilines is 1. The molecule has 0 bridgehead atoms. The maximum Gasteiger partial charge on any atom is 0.267 e. The summed E-state index contributed by atoms with van der Waals surface area (Å²) in [7, 11) is 0. The van der Waals surface area contributed by atoms with Crippen LogP contribution in [0.1, 0.15) is 17.5 Å². The lowest BCUT2D eigenvalue weighted by Gasteiger charge is -2.28. The normalized spacial score (nSPS) is 13.9. The predicted molar refractivity (Wildman–Crippen MR) is 87.1 cm³/mol. The van der Waals surface area contributed by atoms with E-state index in [0.717, 1.165) is 18.5 Å². The zero-order valence-electron chi connectivity index (χ0n) is 12.6. The lowest BCUT2D eigenvalue weighted by Crippen LogP contribution is -2.37. The van der Waals surface area contributed by atoms with E-state index in [1.807, 2.05) is 24.3 Å². The fourth-order valence-corrected chi connectivity index (χ4v) is 2.64. The molecule has 0 fully saturated rings. The molecule has 0 radical (unpaired) electrons. The molecule has 1 aliphatic rings. The Kier molecular flexibility index (Phi) is 4.66. The summed E-state index contributed by atoms with van der Waals surface area (Å²) in [6.45, 7) is 0.509. The van der Waals surface area contributed by atoms with Gasteiger partial charge in [0.2, 0.25) is 0 Å². The largest absolute Gasteiger partial charge is 0.386 e. The van der Waals surface area contributed by atoms with Gasteiger partial charge in [-0.3, -0.25) is 4.79 Å². The molecule has 0 spiro atoms. The minimum absolute atomic E-state index is 0.150. The second-order valence-electron chi connectivity index (χ2n) is 5.31. The van der Waals surface area contributed by atoms with Crippen LogP contribution >= 0.6 is 0 Å². The van der Waals surface area contributed by atoms with Crippen molar-refractivity contribution in [2.45, 2.75) is 12.8 Å². The van der Waals surface area contributed by atoms with E-state index in [0.29, 0.717) is 12.1 Å². The highest BCUT2D eigenvalue weighted by atomic mass is 19.1. The first-order valence-corrected chi connectivity index (χ1v) is 7.54. The van der Waals surface area contributed by atoms with Crippen molar-refractivity contribution in [2.24, 2.45) is 5.16 Å². The Morgan fingerprint density at radius 2 is 2.00 bits per heavy atom. The summed E-state index contributed by atoms with van der Waals surface area (Å²) in [5.41, 5.74) is 2.43. The number of halogens is 1. The van der Waals surface area contributed by atoms with Crippen molar-refractivity contribution >= 4 is 17.8 Å². The van der Waals surface area contributed by atoms with Crippen molar-refractivity contribution in [1.82, 2.24) is 0 Å². The van der Waals surface area contributed by atoms with Crippen LogP contribution in [-0.4, -0.2) is 25.3 Å². The molecule has 0 atom stereocenters. The standard InChI is InChI=1S/C18H17FN2O2/c19-16-9-3-1-7-15(16)12-20-23-13-18(22)21-11-5-8-14-6-2-4-10-17(14)21/h1-4,6-7,9-10,12H,5,8,11,13H2/b20-12-. The van der Waals surface area contributed by atoms with Crippen LogP contribution in [0.4, 0.5) is 10.1 Å². The minimum atomic E-state index is -0.379. The average molecular weight is 312 g/mol. The molecule has 0 N–H and O–H groups in total. The van der Waals surface area contributed by atoms with Crippen molar-refractivity contribution in [2.75, 3.05) is 18.1 Å². The van der Waals surface area contributed by atoms with E-state index in [-0.39, 0.29) is 18.3 Å². The first kappa shape index (κ1) is 15.2. The van der Waals surface area contributed by atoms with Gasteiger partial charge in [0, 0.05) is 17.8 Å². The predicted octanol–water partition coefficient (Wildman–Crippen LogP) is 3.16. The molecule has 2 aromatic carbocycles. The number of aryl methyl sites for hydroxylation is 1. The van der Waals surface area contributed by atoms with Crippen molar-refractivity contribution < 1.29 is 14.0 Å². The van der Waals surface area contributed by atoms with E-state index in [9.17, 15) is 9.18 Å². The summed E-state index contributed by atoms with van der Waals surface area (Å²) < 4.78 is 13.4. The Labute approximate surface area is 134 Å². The Hall–Kier alpha value is -2.69. The second kappa shape index (κ2) is 7.05. The van der Waals surface area contributed by atoms with Gasteiger partial charge >= 0.3 is 0 Å². The summed E-state index contributed by atoms with van der Waals surface area (Å²) >= 11 is 0. The topological polar surface area (TPSA) is 41.9 Å². The molecule has 118 valence electrons. The van der Waals surface area contributed by atoms with Gasteiger partial charge < -0.3 is 9.74 Å². The molecule has 23 heavy (non-hydrogen) atoms. The lowest BCUT2D eigenvalue weighted by atomic mass is 10.0. The summed E-state index contributed by atoms with van der Waals surface area (Å²) in [5, 5.41) is 3.68. The highest BCUT2D eigenvalue weighted by molar-refractivity contribution is 5.95. The zero-order valence-corrected chi connectivity index (χ0v) is 12.6. The van der Waals surface area contributed by atoms with Crippen LogP contribution in [-0.2, 0) is 16.1 Å². The van der Waals surface area contributed by atoms with Crippen LogP contribution in [0.3, 0.4) is 0 Å². The van der Waals surface area contributed by atoms with Crippen LogP contribution < -0.4 is 4.90 Å². The first-order valence-electron chi connectivity index (χ1n) is 7.54. The molecular weight excluding hydrogens is 295 g/mol. The molecule has 5 heteroatoms. The monoisotopic (exact) mass is 312 g/mol. The molecule has 0 saturated carbocycles. The van der Waals surface area contributed by atoms with Gasteiger partial charge in [0.25, 0.3) is 5.91 Å². The first-order chi connectivity index (χ1) is 11.3. The van der Waals surface area contributed by atoms with E-state index in [1.165, 1.54) is 17.8 Å². The number of para-hydroxylation sites is 1. The van der Waals surface area contributed by atoms with Gasteiger partial charge in [-0.1, -0.05) is 41.6 Å². The van der Waals surface area contributed by atoms with Gasteiger partial charge in [-0.15, -0.1) is 0 Å². The Bertz CT molecular complexity index is 730. The maximum absolute atomic E-state index is 13.4. The summed E-state index contributed by atoms with van der Waals surface area (Å²) in [6, 6.07) is 14.1. The lowest BCUT2D eigenvalue weighted by molar-refractivity contribution is -0.123. The third-order valence-corrected chi connectivity index (χ3v) is 3.77. The number of oxime groups is 1. The van der Waals surface area contributed by atoms with E-state index in [4.69, 9.17) is 4.84 Å². The Morgan fingerprint density at radius 1 is 1.22 bits per heavy atom. The number of carbonyl (C=O) groups excluding carboxylic acids is 1. The molecule has 0 unspecified atom stereocenters. The number of amides is 1. The van der Waals surface area contributed by atoms with Crippen LogP contribution in [0.2, 0.25) is 0 Å². The van der Waals surface area contributed by atoms with Crippen LogP contribution in [0.5, 0.6) is 0 Å². The molecule has 4 nitrogen and oxygen atoms in total. The number of benzene rings is 2. The summed E-state index contributed by atoms with van der Waals surface area (Å²) in [6.07, 6.45) is 3.18. The fourth-order valence-electron chi connectivity index (χ4n) is 2.64. The van der Waals surface area contributed by atoms with Crippen molar-refractivity contribution in [3.05, 3.63) is 65.5 Å². The third kappa shape index (κ3) is 3.56. The smallest absolute Gasteiger partial charge is 0.267 e. The number of fused-ring (bicyclic) bond motifs is 1. The quantitative estimate of drug-likeness (QED) is 0.643. The van der Waals surface area contributed by atoms with Gasteiger partial charge in [-0.05, 0) is 30.5 Å². The number of hydrogen-bond donors (Lipinski definition) is 0. The molecule has 0 saturated heterocycles. The molecule has 0 aromatic heterocycles. The number of hydrogen-bond acceptors (Lipinski definition) is 3. The van der Waals surface area contributed by atoms with Gasteiger partial charge in [-0.25, -0.2) is 4.39 Å². The summed E-state index contributed by atoms with van der Waals surface area (Å²) in [4.78, 5) is 19.0. The zero-order chi connectivity index (χ0) is 16.1. The Morgan fingerprint density at radius 3 is 2.87 bits per heavy atom. The molecule has 3 rings (SSSR count). The molecule has 1 amide bonds. The Balaban J connectivity index is 1.59. The minimum Gasteiger partial charge on any atom is -0.386 e. The van der Waals surface area contributed by atoms with Gasteiger partial charge in [0.15, 0.2) is 6.61 Å². The van der Waals surface area contributed by atoms with E-state index >= 15 is 0 Å². The fraction of sp³-hybridized carbons (Fsp3) is 0.222. The van der Waals surface area contributed by atoms with E-state index < -0.39 is 0 Å². The molecule has 1 heterocycles. The van der Waals surface area contributed by atoms with Gasteiger partial charge in [0.05, 0.1) is 6.21 Å². The number of carbonyl (C=O) groups is 1. The van der Waals surface area contributed by atoms with Crippen molar-refractivity contribution in [3.63, 3.8) is 0 Å². The maximum atomic E-state index is 13.4. The highest BCUT2D eigenvalue weighted by Crippen LogP contribution is 2.26. The number of nitrogens with zero attached hydrogens (tertiary/aromatic N) is 2. The van der Waals surface area contributed by atoms with E-state index in [2.05, 4.69) is 5.16 Å². The van der Waals surface area contributed by atoms with E-state index in [1.54, 1.807) is 23.1 Å².